The first-order valence-electron chi connectivity index (χ1n) is 7.48. The lowest BCUT2D eigenvalue weighted by Gasteiger charge is -2.15. The van der Waals surface area contributed by atoms with Gasteiger partial charge in [0.25, 0.3) is 0 Å². The summed E-state index contributed by atoms with van der Waals surface area (Å²) in [6.45, 7) is 0.984. The van der Waals surface area contributed by atoms with Crippen molar-refractivity contribution in [1.29, 1.82) is 0 Å². The first-order chi connectivity index (χ1) is 11.5. The van der Waals surface area contributed by atoms with E-state index in [0.717, 1.165) is 24.2 Å². The van der Waals surface area contributed by atoms with Gasteiger partial charge in [0.15, 0.2) is 0 Å². The lowest BCUT2D eigenvalue weighted by atomic mass is 10.2. The van der Waals surface area contributed by atoms with Crippen molar-refractivity contribution in [2.45, 2.75) is 24.3 Å². The molecule has 0 amide bonds. The molecule has 2 heterocycles. The Morgan fingerprint density at radius 1 is 1.21 bits per heavy atom. The molecule has 1 aromatic heterocycles. The van der Waals surface area contributed by atoms with Crippen LogP contribution in [0.5, 0.6) is 0 Å². The molecule has 0 unspecified atom stereocenters. The molecule has 0 spiro atoms. The topological polar surface area (TPSA) is 63.7 Å². The summed E-state index contributed by atoms with van der Waals surface area (Å²) >= 11 is 7.10. The van der Waals surface area contributed by atoms with E-state index in [4.69, 9.17) is 16.3 Å². The van der Waals surface area contributed by atoms with E-state index in [2.05, 4.69) is 0 Å². The predicted molar refractivity (Wildman–Crippen MR) is 92.9 cm³/mol. The molecule has 1 aliphatic heterocycles. The molecule has 0 bridgehead atoms. The molecule has 0 aliphatic carbocycles. The van der Waals surface area contributed by atoms with Crippen LogP contribution in [0.1, 0.15) is 28.1 Å². The SMILES string of the molecule is O=C(OCc1ccccc1Cl)c1sccc1S(=O)(=O)N1CCCC1. The Labute approximate surface area is 149 Å². The van der Waals surface area contributed by atoms with Gasteiger partial charge >= 0.3 is 5.97 Å². The first kappa shape index (κ1) is 17.4. The number of sulfonamides is 1. The van der Waals surface area contributed by atoms with Gasteiger partial charge in [0.05, 0.1) is 0 Å². The second-order valence-corrected chi connectivity index (χ2v) is 8.62. The molecule has 2 aromatic rings. The van der Waals surface area contributed by atoms with E-state index in [0.29, 0.717) is 23.7 Å². The van der Waals surface area contributed by atoms with Crippen LogP contribution in [0.15, 0.2) is 40.6 Å². The Bertz CT molecular complexity index is 841. The summed E-state index contributed by atoms with van der Waals surface area (Å²) in [6, 6.07) is 8.51. The highest BCUT2D eigenvalue weighted by Gasteiger charge is 2.32. The quantitative estimate of drug-likeness (QED) is 0.738. The number of ether oxygens (including phenoxy) is 1. The molecular weight excluding hydrogens is 370 g/mol. The van der Waals surface area contributed by atoms with Gasteiger partial charge < -0.3 is 4.74 Å². The number of hydrogen-bond acceptors (Lipinski definition) is 5. The molecule has 0 radical (unpaired) electrons. The second kappa shape index (κ2) is 7.23. The summed E-state index contributed by atoms with van der Waals surface area (Å²) in [5.41, 5.74) is 0.674. The van der Waals surface area contributed by atoms with E-state index in [9.17, 15) is 13.2 Å². The van der Waals surface area contributed by atoms with Gasteiger partial charge in [-0.3, -0.25) is 0 Å². The number of nitrogens with zero attached hydrogens (tertiary/aromatic N) is 1. The van der Waals surface area contributed by atoms with Crippen molar-refractivity contribution in [2.24, 2.45) is 0 Å². The average Bonchev–Trinajstić information content (AvgIpc) is 3.25. The number of carbonyl (C=O) groups excluding carboxylic acids is 1. The maximum absolute atomic E-state index is 12.7. The van der Waals surface area contributed by atoms with Crippen molar-refractivity contribution in [3.63, 3.8) is 0 Å². The van der Waals surface area contributed by atoms with Gasteiger partial charge in [-0.1, -0.05) is 29.8 Å². The number of benzene rings is 1. The molecule has 0 N–H and O–H groups in total. The standard InChI is InChI=1S/C16H16ClNO4S2/c17-13-6-2-1-5-12(13)11-22-16(19)15-14(7-10-23-15)24(20,21)18-8-3-4-9-18/h1-2,5-7,10H,3-4,8-9,11H2. The van der Waals surface area contributed by atoms with E-state index in [1.54, 1.807) is 29.6 Å². The maximum atomic E-state index is 12.7. The van der Waals surface area contributed by atoms with E-state index < -0.39 is 16.0 Å². The summed E-state index contributed by atoms with van der Waals surface area (Å²) in [5.74, 6) is -0.650. The van der Waals surface area contributed by atoms with E-state index >= 15 is 0 Å². The number of thiophene rings is 1. The van der Waals surface area contributed by atoms with Gasteiger partial charge in [0, 0.05) is 23.7 Å². The van der Waals surface area contributed by atoms with Gasteiger partial charge in [-0.05, 0) is 30.4 Å². The average molecular weight is 386 g/mol. The number of esters is 1. The molecule has 1 fully saturated rings. The van der Waals surface area contributed by atoms with Gasteiger partial charge in [0.1, 0.15) is 16.4 Å². The molecule has 5 nitrogen and oxygen atoms in total. The normalized spacial score (nSPS) is 15.5. The summed E-state index contributed by atoms with van der Waals surface area (Å²) in [6.07, 6.45) is 1.69. The minimum absolute atomic E-state index is 0.000388. The van der Waals surface area contributed by atoms with Crippen LogP contribution in [-0.4, -0.2) is 31.8 Å². The van der Waals surface area contributed by atoms with Crippen molar-refractivity contribution in [3.8, 4) is 0 Å². The van der Waals surface area contributed by atoms with Crippen LogP contribution < -0.4 is 0 Å². The minimum atomic E-state index is -3.65. The highest BCUT2D eigenvalue weighted by atomic mass is 35.5. The van der Waals surface area contributed by atoms with Crippen molar-refractivity contribution < 1.29 is 17.9 Å². The summed E-state index contributed by atoms with van der Waals surface area (Å²) in [5, 5.41) is 2.09. The molecule has 8 heteroatoms. The zero-order valence-electron chi connectivity index (χ0n) is 12.8. The molecule has 24 heavy (non-hydrogen) atoms. The number of rotatable bonds is 5. The van der Waals surface area contributed by atoms with Crippen LogP contribution in [0.3, 0.4) is 0 Å². The predicted octanol–water partition coefficient (Wildman–Crippen LogP) is 3.54. The summed E-state index contributed by atoms with van der Waals surface area (Å²) in [4.78, 5) is 12.5. The van der Waals surface area contributed by atoms with Gasteiger partial charge in [-0.15, -0.1) is 11.3 Å². The van der Waals surface area contributed by atoms with Crippen LogP contribution in [-0.2, 0) is 21.4 Å². The van der Waals surface area contributed by atoms with Crippen molar-refractivity contribution in [3.05, 3.63) is 51.2 Å². The Morgan fingerprint density at radius 3 is 2.62 bits per heavy atom. The Balaban J connectivity index is 1.77. The molecule has 1 aliphatic rings. The molecule has 128 valence electrons. The van der Waals surface area contributed by atoms with Crippen LogP contribution in [0.4, 0.5) is 0 Å². The van der Waals surface area contributed by atoms with Gasteiger partial charge in [-0.25, -0.2) is 13.2 Å². The lowest BCUT2D eigenvalue weighted by Crippen LogP contribution is -2.28. The third-order valence-corrected chi connectivity index (χ3v) is 7.15. The Morgan fingerprint density at radius 2 is 1.92 bits per heavy atom. The van der Waals surface area contributed by atoms with E-state index in [-0.39, 0.29) is 16.4 Å². The van der Waals surface area contributed by atoms with E-state index in [1.807, 2.05) is 0 Å². The third-order valence-electron chi connectivity index (χ3n) is 3.81. The summed E-state index contributed by atoms with van der Waals surface area (Å²) < 4.78 is 32.0. The zero-order chi connectivity index (χ0) is 17.2. The smallest absolute Gasteiger partial charge is 0.350 e. The molecule has 0 atom stereocenters. The molecule has 0 saturated carbocycles. The molecule has 3 rings (SSSR count). The van der Waals surface area contributed by atoms with Crippen LogP contribution in [0, 0.1) is 0 Å². The first-order valence-corrected chi connectivity index (χ1v) is 10.2. The second-order valence-electron chi connectivity index (χ2n) is 5.39. The van der Waals surface area contributed by atoms with Gasteiger partial charge in [-0.2, -0.15) is 4.31 Å². The molecular formula is C16H16ClNO4S2. The molecule has 1 saturated heterocycles. The highest BCUT2D eigenvalue weighted by molar-refractivity contribution is 7.89. The lowest BCUT2D eigenvalue weighted by molar-refractivity contribution is 0.0474. The van der Waals surface area contributed by atoms with Crippen LogP contribution in [0.2, 0.25) is 5.02 Å². The van der Waals surface area contributed by atoms with Gasteiger partial charge in [0.2, 0.25) is 10.0 Å². The van der Waals surface area contributed by atoms with Crippen LogP contribution >= 0.6 is 22.9 Å². The Kier molecular flexibility index (Phi) is 5.24. The number of hydrogen-bond donors (Lipinski definition) is 0. The molecule has 1 aromatic carbocycles. The third kappa shape index (κ3) is 3.49. The maximum Gasteiger partial charge on any atom is 0.350 e. The fourth-order valence-corrected chi connectivity index (χ4v) is 5.53. The van der Waals surface area contributed by atoms with Crippen molar-refractivity contribution >= 4 is 38.9 Å². The van der Waals surface area contributed by atoms with Crippen molar-refractivity contribution in [2.75, 3.05) is 13.1 Å². The number of carbonyl (C=O) groups is 1. The minimum Gasteiger partial charge on any atom is -0.457 e. The Hall–Kier alpha value is -1.41. The van der Waals surface area contributed by atoms with E-state index in [1.165, 1.54) is 10.4 Å². The largest absolute Gasteiger partial charge is 0.457 e. The van der Waals surface area contributed by atoms with Crippen molar-refractivity contribution in [1.82, 2.24) is 4.31 Å². The fourth-order valence-electron chi connectivity index (χ4n) is 2.54. The summed E-state index contributed by atoms with van der Waals surface area (Å²) in [7, 11) is -3.65. The number of halogens is 1. The highest BCUT2D eigenvalue weighted by Crippen LogP contribution is 2.28. The van der Waals surface area contributed by atoms with Crippen LogP contribution in [0.25, 0.3) is 0 Å². The zero-order valence-corrected chi connectivity index (χ0v) is 15.2. The fraction of sp³-hybridized carbons (Fsp3) is 0.312. The monoisotopic (exact) mass is 385 g/mol.